The molecule has 0 saturated carbocycles. The third-order valence-corrected chi connectivity index (χ3v) is 2.25. The highest BCUT2D eigenvalue weighted by Gasteiger charge is 2.31. The van der Waals surface area contributed by atoms with Crippen LogP contribution in [0.3, 0.4) is 0 Å². The molecular formula is C11H20O2. The van der Waals surface area contributed by atoms with Crippen molar-refractivity contribution in [3.05, 3.63) is 12.7 Å². The minimum Gasteiger partial charge on any atom is -0.348 e. The van der Waals surface area contributed by atoms with E-state index in [4.69, 9.17) is 9.47 Å². The molecule has 1 aliphatic rings. The molecule has 0 aromatic rings. The highest BCUT2D eigenvalue weighted by molar-refractivity contribution is 4.72. The van der Waals surface area contributed by atoms with Crippen LogP contribution in [0.5, 0.6) is 0 Å². The van der Waals surface area contributed by atoms with Crippen molar-refractivity contribution in [2.45, 2.75) is 51.4 Å². The van der Waals surface area contributed by atoms with Crippen LogP contribution in [-0.4, -0.2) is 18.5 Å². The third-order valence-electron chi connectivity index (χ3n) is 2.25. The Morgan fingerprint density at radius 1 is 1.46 bits per heavy atom. The number of unbranched alkanes of at least 4 members (excludes halogenated alkanes) is 2. The molecule has 0 aromatic carbocycles. The van der Waals surface area contributed by atoms with E-state index in [0.717, 1.165) is 19.4 Å². The van der Waals surface area contributed by atoms with Gasteiger partial charge in [0.15, 0.2) is 5.79 Å². The molecule has 0 amide bonds. The van der Waals surface area contributed by atoms with E-state index in [1.54, 1.807) is 0 Å². The van der Waals surface area contributed by atoms with Crippen molar-refractivity contribution < 1.29 is 9.47 Å². The molecule has 1 fully saturated rings. The van der Waals surface area contributed by atoms with Crippen LogP contribution in [-0.2, 0) is 9.47 Å². The summed E-state index contributed by atoms with van der Waals surface area (Å²) in [6, 6.07) is 0. The van der Waals surface area contributed by atoms with Gasteiger partial charge in [-0.05, 0) is 33.1 Å². The first kappa shape index (κ1) is 10.7. The van der Waals surface area contributed by atoms with Crippen LogP contribution in [0.4, 0.5) is 0 Å². The van der Waals surface area contributed by atoms with Gasteiger partial charge in [0.25, 0.3) is 0 Å². The Balaban J connectivity index is 2.07. The number of rotatable bonds is 5. The molecule has 13 heavy (non-hydrogen) atoms. The van der Waals surface area contributed by atoms with E-state index in [0.29, 0.717) is 6.10 Å². The molecule has 1 atom stereocenters. The Morgan fingerprint density at radius 2 is 2.23 bits per heavy atom. The lowest BCUT2D eigenvalue weighted by atomic mass is 10.1. The van der Waals surface area contributed by atoms with Crippen molar-refractivity contribution in [3.8, 4) is 0 Å². The van der Waals surface area contributed by atoms with Crippen LogP contribution in [0.25, 0.3) is 0 Å². The number of hydrogen-bond acceptors (Lipinski definition) is 2. The van der Waals surface area contributed by atoms with Gasteiger partial charge in [-0.25, -0.2) is 0 Å². The summed E-state index contributed by atoms with van der Waals surface area (Å²) in [6.07, 6.45) is 6.91. The average Bonchev–Trinajstić information content (AvgIpc) is 2.40. The first-order valence-electron chi connectivity index (χ1n) is 5.07. The standard InChI is InChI=1S/C11H20O2/c1-4-5-6-7-8-10-9-12-11(2,3)13-10/h4,10H,1,5-9H2,2-3H3. The number of hydrogen-bond donors (Lipinski definition) is 0. The average molecular weight is 184 g/mol. The normalized spacial score (nSPS) is 26.2. The summed E-state index contributed by atoms with van der Waals surface area (Å²) in [5.41, 5.74) is 0. The molecule has 2 heteroatoms. The molecule has 1 saturated heterocycles. The molecule has 0 aliphatic carbocycles. The van der Waals surface area contributed by atoms with E-state index in [-0.39, 0.29) is 5.79 Å². The van der Waals surface area contributed by atoms with Gasteiger partial charge in [0.05, 0.1) is 12.7 Å². The molecule has 1 heterocycles. The molecular weight excluding hydrogens is 164 g/mol. The second kappa shape index (κ2) is 4.77. The first-order valence-corrected chi connectivity index (χ1v) is 5.07. The SMILES string of the molecule is C=CCCCCC1COC(C)(C)O1. The van der Waals surface area contributed by atoms with E-state index in [9.17, 15) is 0 Å². The smallest absolute Gasteiger partial charge is 0.163 e. The second-order valence-electron chi connectivity index (χ2n) is 4.02. The van der Waals surface area contributed by atoms with Gasteiger partial charge >= 0.3 is 0 Å². The minimum absolute atomic E-state index is 0.305. The topological polar surface area (TPSA) is 18.5 Å². The zero-order valence-corrected chi connectivity index (χ0v) is 8.71. The highest BCUT2D eigenvalue weighted by Crippen LogP contribution is 2.25. The minimum atomic E-state index is -0.358. The van der Waals surface area contributed by atoms with Crippen LogP contribution in [0, 0.1) is 0 Å². The Morgan fingerprint density at radius 3 is 2.77 bits per heavy atom. The Kier molecular flexibility index (Phi) is 3.94. The second-order valence-corrected chi connectivity index (χ2v) is 4.02. The fourth-order valence-corrected chi connectivity index (χ4v) is 1.57. The van der Waals surface area contributed by atoms with E-state index in [1.165, 1.54) is 12.8 Å². The van der Waals surface area contributed by atoms with E-state index in [2.05, 4.69) is 6.58 Å². The first-order chi connectivity index (χ1) is 6.14. The van der Waals surface area contributed by atoms with Crippen molar-refractivity contribution in [2.24, 2.45) is 0 Å². The summed E-state index contributed by atoms with van der Waals surface area (Å²) in [5.74, 6) is -0.358. The molecule has 1 unspecified atom stereocenters. The maximum Gasteiger partial charge on any atom is 0.163 e. The lowest BCUT2D eigenvalue weighted by molar-refractivity contribution is -0.139. The van der Waals surface area contributed by atoms with Crippen LogP contribution in [0.2, 0.25) is 0 Å². The van der Waals surface area contributed by atoms with Crippen LogP contribution in [0.1, 0.15) is 39.5 Å². The summed E-state index contributed by atoms with van der Waals surface area (Å²) in [4.78, 5) is 0. The maximum absolute atomic E-state index is 5.68. The summed E-state index contributed by atoms with van der Waals surface area (Å²) < 4.78 is 11.1. The summed E-state index contributed by atoms with van der Waals surface area (Å²) in [6.45, 7) is 8.39. The van der Waals surface area contributed by atoms with Gasteiger partial charge in [-0.15, -0.1) is 6.58 Å². The quantitative estimate of drug-likeness (QED) is 0.483. The predicted octanol–water partition coefficient (Wildman–Crippen LogP) is 2.88. The molecule has 0 spiro atoms. The fourth-order valence-electron chi connectivity index (χ4n) is 1.57. The molecule has 76 valence electrons. The van der Waals surface area contributed by atoms with Gasteiger partial charge in [-0.2, -0.15) is 0 Å². The number of ether oxygens (including phenoxy) is 2. The predicted molar refractivity (Wildman–Crippen MR) is 53.6 cm³/mol. The largest absolute Gasteiger partial charge is 0.348 e. The van der Waals surface area contributed by atoms with Gasteiger partial charge in [0.1, 0.15) is 0 Å². The highest BCUT2D eigenvalue weighted by atomic mass is 16.7. The van der Waals surface area contributed by atoms with Crippen LogP contribution in [0.15, 0.2) is 12.7 Å². The van der Waals surface area contributed by atoms with Crippen molar-refractivity contribution >= 4 is 0 Å². The summed E-state index contributed by atoms with van der Waals surface area (Å²) >= 11 is 0. The zero-order chi connectivity index (χ0) is 9.73. The lowest BCUT2D eigenvalue weighted by Gasteiger charge is -2.16. The van der Waals surface area contributed by atoms with Crippen molar-refractivity contribution in [2.75, 3.05) is 6.61 Å². The van der Waals surface area contributed by atoms with Gasteiger partial charge in [0, 0.05) is 0 Å². The molecule has 1 rings (SSSR count). The zero-order valence-electron chi connectivity index (χ0n) is 8.71. The van der Waals surface area contributed by atoms with E-state index < -0.39 is 0 Å². The lowest BCUT2D eigenvalue weighted by Crippen LogP contribution is -2.21. The molecule has 0 N–H and O–H groups in total. The number of allylic oxidation sites excluding steroid dienone is 1. The molecule has 1 aliphatic heterocycles. The van der Waals surface area contributed by atoms with E-state index in [1.807, 2.05) is 19.9 Å². The Hall–Kier alpha value is -0.340. The van der Waals surface area contributed by atoms with Crippen LogP contribution >= 0.6 is 0 Å². The molecule has 0 aromatic heterocycles. The monoisotopic (exact) mass is 184 g/mol. The van der Waals surface area contributed by atoms with Crippen molar-refractivity contribution in [1.82, 2.24) is 0 Å². The maximum atomic E-state index is 5.68. The van der Waals surface area contributed by atoms with E-state index >= 15 is 0 Å². The Bertz CT molecular complexity index is 163. The summed E-state index contributed by atoms with van der Waals surface area (Å²) in [5, 5.41) is 0. The van der Waals surface area contributed by atoms with Gasteiger partial charge in [0.2, 0.25) is 0 Å². The summed E-state index contributed by atoms with van der Waals surface area (Å²) in [7, 11) is 0. The van der Waals surface area contributed by atoms with Crippen molar-refractivity contribution in [1.29, 1.82) is 0 Å². The van der Waals surface area contributed by atoms with Gasteiger partial charge in [-0.1, -0.05) is 12.5 Å². The van der Waals surface area contributed by atoms with Gasteiger partial charge < -0.3 is 9.47 Å². The Labute approximate surface area is 80.9 Å². The third kappa shape index (κ3) is 3.92. The van der Waals surface area contributed by atoms with Gasteiger partial charge in [-0.3, -0.25) is 0 Å². The van der Waals surface area contributed by atoms with Crippen molar-refractivity contribution in [3.63, 3.8) is 0 Å². The van der Waals surface area contributed by atoms with Crippen LogP contribution < -0.4 is 0 Å². The molecule has 2 nitrogen and oxygen atoms in total. The molecule has 0 radical (unpaired) electrons. The molecule has 0 bridgehead atoms. The fraction of sp³-hybridized carbons (Fsp3) is 0.818.